The number of rotatable bonds is 6. The molecule has 1 amide bonds. The molecule has 2 heterocycles. The second-order valence-corrected chi connectivity index (χ2v) is 8.04. The molecule has 0 fully saturated rings. The first kappa shape index (κ1) is 20.7. The second-order valence-electron chi connectivity index (χ2n) is 7.01. The number of hydrogen-bond donors (Lipinski definition) is 1. The van der Waals surface area contributed by atoms with Crippen LogP contribution in [0.3, 0.4) is 0 Å². The summed E-state index contributed by atoms with van der Waals surface area (Å²) in [6, 6.07) is 13.1. The minimum Gasteiger partial charge on any atom is -0.497 e. The van der Waals surface area contributed by atoms with E-state index in [1.54, 1.807) is 43.8 Å². The third kappa shape index (κ3) is 4.46. The van der Waals surface area contributed by atoms with Gasteiger partial charge in [0.1, 0.15) is 17.3 Å². The molecule has 158 valence electrons. The number of ether oxygens (including phenoxy) is 1. The lowest BCUT2D eigenvalue weighted by atomic mass is 10.2. The fraction of sp³-hybridized carbons (Fsp3) is 0.182. The number of carbonyl (C=O) groups excluding carboxylic acids is 1. The van der Waals surface area contributed by atoms with Gasteiger partial charge < -0.3 is 10.1 Å². The first-order valence-corrected chi connectivity index (χ1v) is 10.4. The molecule has 0 atom stereocenters. The molecule has 0 spiro atoms. The summed E-state index contributed by atoms with van der Waals surface area (Å²) in [7, 11) is 1.57. The molecule has 31 heavy (non-hydrogen) atoms. The molecule has 1 N–H and O–H groups in total. The molecule has 4 aromatic rings. The minimum absolute atomic E-state index is 0.208. The Morgan fingerprint density at radius 1 is 1.16 bits per heavy atom. The number of methoxy groups -OCH3 is 1. The Morgan fingerprint density at radius 3 is 2.65 bits per heavy atom. The van der Waals surface area contributed by atoms with E-state index >= 15 is 0 Å². The summed E-state index contributed by atoms with van der Waals surface area (Å²) in [6.07, 6.45) is 3.11. The molecule has 2 aromatic carbocycles. The van der Waals surface area contributed by atoms with Gasteiger partial charge >= 0.3 is 5.69 Å². The lowest BCUT2D eigenvalue weighted by molar-refractivity contribution is -0.117. The summed E-state index contributed by atoms with van der Waals surface area (Å²) in [5, 5.41) is 7.72. The monoisotopic (exact) mass is 435 g/mol. The van der Waals surface area contributed by atoms with Crippen LogP contribution in [0.1, 0.15) is 11.1 Å². The van der Waals surface area contributed by atoms with E-state index in [9.17, 15) is 9.59 Å². The number of aromatic nitrogens is 4. The van der Waals surface area contributed by atoms with E-state index in [1.807, 2.05) is 26.0 Å². The van der Waals surface area contributed by atoms with Gasteiger partial charge in [0.2, 0.25) is 5.91 Å². The molecule has 4 rings (SSSR count). The molecule has 0 unspecified atom stereocenters. The number of aryl methyl sites for hydroxylation is 2. The maximum Gasteiger partial charge on any atom is 0.350 e. The van der Waals surface area contributed by atoms with E-state index < -0.39 is 5.69 Å². The lowest BCUT2D eigenvalue weighted by Crippen LogP contribution is -2.28. The average molecular weight is 436 g/mol. The molecule has 0 saturated carbocycles. The van der Waals surface area contributed by atoms with E-state index in [0.717, 1.165) is 15.1 Å². The highest BCUT2D eigenvalue weighted by Crippen LogP contribution is 2.31. The van der Waals surface area contributed by atoms with Crippen LogP contribution in [-0.2, 0) is 11.3 Å². The second kappa shape index (κ2) is 8.65. The molecule has 0 saturated heterocycles. The van der Waals surface area contributed by atoms with Crippen LogP contribution in [0.2, 0.25) is 0 Å². The molecular formula is C22H21N5O3S. The van der Waals surface area contributed by atoms with Gasteiger partial charge in [-0.15, -0.1) is 5.10 Å². The van der Waals surface area contributed by atoms with Gasteiger partial charge in [-0.3, -0.25) is 4.79 Å². The summed E-state index contributed by atoms with van der Waals surface area (Å²) >= 11 is 1.44. The van der Waals surface area contributed by atoms with Crippen LogP contribution in [0.25, 0.3) is 5.65 Å². The number of anilines is 1. The minimum atomic E-state index is -0.398. The number of nitrogens with one attached hydrogen (secondary N) is 1. The summed E-state index contributed by atoms with van der Waals surface area (Å²) in [6.45, 7) is 3.86. The van der Waals surface area contributed by atoms with Gasteiger partial charge in [-0.05, 0) is 49.7 Å². The van der Waals surface area contributed by atoms with Crippen molar-refractivity contribution in [2.45, 2.75) is 30.3 Å². The molecule has 2 aromatic heterocycles. The average Bonchev–Trinajstić information content (AvgIpc) is 3.07. The van der Waals surface area contributed by atoms with E-state index in [4.69, 9.17) is 4.74 Å². The van der Waals surface area contributed by atoms with Crippen LogP contribution >= 0.6 is 11.8 Å². The SMILES string of the molecule is COc1ccc(NC(=O)Cn2nc3c(Sc4ccc(C)cc4C)nccn3c2=O)cc1. The summed E-state index contributed by atoms with van der Waals surface area (Å²) in [4.78, 5) is 30.6. The number of amides is 1. The fourth-order valence-corrected chi connectivity index (χ4v) is 4.04. The van der Waals surface area contributed by atoms with Crippen LogP contribution in [0.4, 0.5) is 5.69 Å². The maximum atomic E-state index is 12.7. The van der Waals surface area contributed by atoms with E-state index in [-0.39, 0.29) is 12.5 Å². The summed E-state index contributed by atoms with van der Waals surface area (Å²) < 4.78 is 7.65. The van der Waals surface area contributed by atoms with Crippen molar-refractivity contribution in [2.75, 3.05) is 12.4 Å². The number of hydrogen-bond acceptors (Lipinski definition) is 6. The normalized spacial score (nSPS) is 10.9. The summed E-state index contributed by atoms with van der Waals surface area (Å²) in [5.74, 6) is 0.336. The van der Waals surface area contributed by atoms with Crippen molar-refractivity contribution in [3.05, 3.63) is 76.5 Å². The fourth-order valence-electron chi connectivity index (χ4n) is 3.13. The third-order valence-electron chi connectivity index (χ3n) is 4.67. The van der Waals surface area contributed by atoms with Gasteiger partial charge in [0.15, 0.2) is 5.65 Å². The first-order chi connectivity index (χ1) is 14.9. The number of fused-ring (bicyclic) bond motifs is 1. The zero-order valence-corrected chi connectivity index (χ0v) is 18.1. The van der Waals surface area contributed by atoms with Crippen molar-refractivity contribution < 1.29 is 9.53 Å². The molecule has 0 radical (unpaired) electrons. The van der Waals surface area contributed by atoms with Crippen LogP contribution < -0.4 is 15.7 Å². The highest BCUT2D eigenvalue weighted by Gasteiger charge is 2.16. The molecule has 0 aliphatic carbocycles. The van der Waals surface area contributed by atoms with Crippen LogP contribution in [0.15, 0.2) is 69.6 Å². The van der Waals surface area contributed by atoms with Crippen molar-refractivity contribution in [3.8, 4) is 5.75 Å². The van der Waals surface area contributed by atoms with E-state index in [0.29, 0.717) is 22.1 Å². The van der Waals surface area contributed by atoms with E-state index in [2.05, 4.69) is 21.5 Å². The lowest BCUT2D eigenvalue weighted by Gasteiger charge is -2.06. The van der Waals surface area contributed by atoms with Crippen molar-refractivity contribution >= 4 is 29.0 Å². The van der Waals surface area contributed by atoms with Crippen LogP contribution in [0, 0.1) is 13.8 Å². The van der Waals surface area contributed by atoms with Crippen molar-refractivity contribution in [3.63, 3.8) is 0 Å². The van der Waals surface area contributed by atoms with Gasteiger partial charge in [-0.25, -0.2) is 18.9 Å². The standard InChI is InChI=1S/C22H21N5O3S/c1-14-4-9-18(15(2)12-14)31-21-20-25-27(22(29)26(20)11-10-23-21)13-19(28)24-16-5-7-17(30-3)8-6-16/h4-12H,13H2,1-3H3,(H,24,28). The first-order valence-electron chi connectivity index (χ1n) is 9.58. The Labute approximate surface area is 182 Å². The highest BCUT2D eigenvalue weighted by atomic mass is 32.2. The number of carbonyl (C=O) groups is 1. The Morgan fingerprint density at radius 2 is 1.94 bits per heavy atom. The maximum absolute atomic E-state index is 12.7. The molecular weight excluding hydrogens is 414 g/mol. The van der Waals surface area contributed by atoms with Gasteiger partial charge in [-0.1, -0.05) is 29.5 Å². The molecule has 0 bridgehead atoms. The van der Waals surface area contributed by atoms with Crippen molar-refractivity contribution in [1.29, 1.82) is 0 Å². The Balaban J connectivity index is 1.57. The molecule has 0 aliphatic rings. The predicted octanol–water partition coefficient (Wildman–Crippen LogP) is 3.31. The van der Waals surface area contributed by atoms with Gasteiger partial charge in [0.25, 0.3) is 0 Å². The largest absolute Gasteiger partial charge is 0.497 e. The zero-order chi connectivity index (χ0) is 22.0. The van der Waals surface area contributed by atoms with Crippen molar-refractivity contribution in [1.82, 2.24) is 19.2 Å². The topological polar surface area (TPSA) is 90.5 Å². The van der Waals surface area contributed by atoms with Gasteiger partial charge in [0.05, 0.1) is 7.11 Å². The Bertz CT molecular complexity index is 1310. The van der Waals surface area contributed by atoms with Crippen LogP contribution in [0.5, 0.6) is 5.75 Å². The summed E-state index contributed by atoms with van der Waals surface area (Å²) in [5.41, 5.74) is 2.92. The van der Waals surface area contributed by atoms with Gasteiger partial charge in [-0.2, -0.15) is 0 Å². The Hall–Kier alpha value is -3.59. The Kier molecular flexibility index (Phi) is 5.77. The molecule has 9 heteroatoms. The van der Waals surface area contributed by atoms with Crippen LogP contribution in [-0.4, -0.2) is 32.2 Å². The smallest absolute Gasteiger partial charge is 0.350 e. The predicted molar refractivity (Wildman–Crippen MR) is 119 cm³/mol. The molecule has 0 aliphatic heterocycles. The third-order valence-corrected chi connectivity index (χ3v) is 5.83. The highest BCUT2D eigenvalue weighted by molar-refractivity contribution is 7.99. The number of nitrogens with zero attached hydrogens (tertiary/aromatic N) is 4. The molecule has 8 nitrogen and oxygen atoms in total. The van der Waals surface area contributed by atoms with E-state index in [1.165, 1.54) is 21.7 Å². The van der Waals surface area contributed by atoms with Crippen molar-refractivity contribution in [2.24, 2.45) is 0 Å². The number of benzene rings is 2. The zero-order valence-electron chi connectivity index (χ0n) is 17.3. The quantitative estimate of drug-likeness (QED) is 0.500. The van der Waals surface area contributed by atoms with Gasteiger partial charge in [0, 0.05) is 23.0 Å².